The molecule has 0 bridgehead atoms. The summed E-state index contributed by atoms with van der Waals surface area (Å²) >= 11 is 0. The highest BCUT2D eigenvalue weighted by Gasteiger charge is 2.32. The van der Waals surface area contributed by atoms with Gasteiger partial charge in [-0.15, -0.1) is 0 Å². The highest BCUT2D eigenvalue weighted by Crippen LogP contribution is 2.34. The summed E-state index contributed by atoms with van der Waals surface area (Å²) in [5, 5.41) is 0. The number of fused-ring (bicyclic) bond motifs is 3. The third-order valence-corrected chi connectivity index (χ3v) is 6.23. The third kappa shape index (κ3) is 3.26. The van der Waals surface area contributed by atoms with Crippen molar-refractivity contribution in [2.45, 2.75) is 38.6 Å². The normalized spacial score (nSPS) is 19.4. The van der Waals surface area contributed by atoms with Gasteiger partial charge in [-0.3, -0.25) is 14.6 Å². The van der Waals surface area contributed by atoms with Crippen LogP contribution in [0.15, 0.2) is 41.4 Å². The summed E-state index contributed by atoms with van der Waals surface area (Å²) in [4.78, 5) is 33.9. The number of aliphatic imine (C=N–C) groups is 1. The van der Waals surface area contributed by atoms with Crippen molar-refractivity contribution in [3.05, 3.63) is 53.1 Å². The third-order valence-electron chi connectivity index (χ3n) is 6.23. The van der Waals surface area contributed by atoms with Crippen LogP contribution in [0.25, 0.3) is 0 Å². The number of ether oxygens (including phenoxy) is 1. The molecule has 0 aromatic heterocycles. The van der Waals surface area contributed by atoms with E-state index in [0.717, 1.165) is 43.6 Å². The monoisotopic (exact) mass is 403 g/mol. The van der Waals surface area contributed by atoms with Gasteiger partial charge in [0.1, 0.15) is 5.75 Å². The molecule has 3 aliphatic rings. The number of rotatable bonds is 4. The average molecular weight is 403 g/mol. The van der Waals surface area contributed by atoms with Crippen molar-refractivity contribution in [2.24, 2.45) is 4.99 Å². The Hall–Kier alpha value is -3.15. The quantitative estimate of drug-likeness (QED) is 0.783. The molecule has 1 atom stereocenters. The minimum absolute atomic E-state index is 0.0440. The number of anilines is 1. The minimum Gasteiger partial charge on any atom is -0.493 e. The molecule has 0 aliphatic carbocycles. The van der Waals surface area contributed by atoms with Crippen LogP contribution in [0.3, 0.4) is 0 Å². The van der Waals surface area contributed by atoms with E-state index in [2.05, 4.69) is 11.1 Å². The summed E-state index contributed by atoms with van der Waals surface area (Å²) in [5.74, 6) is 0.791. The summed E-state index contributed by atoms with van der Waals surface area (Å²) in [7, 11) is 0. The predicted octanol–water partition coefficient (Wildman–Crippen LogP) is 3.67. The summed E-state index contributed by atoms with van der Waals surface area (Å²) in [6, 6.07) is 11.8. The van der Waals surface area contributed by atoms with E-state index in [1.165, 1.54) is 5.56 Å². The summed E-state index contributed by atoms with van der Waals surface area (Å²) in [6.45, 7) is 3.74. The van der Waals surface area contributed by atoms with E-state index in [1.807, 2.05) is 53.3 Å². The van der Waals surface area contributed by atoms with Crippen molar-refractivity contribution in [3.8, 4) is 5.75 Å². The number of aryl methyl sites for hydroxylation is 1. The Balaban J connectivity index is 1.27. The molecule has 30 heavy (non-hydrogen) atoms. The van der Waals surface area contributed by atoms with Crippen molar-refractivity contribution in [1.82, 2.24) is 4.90 Å². The Bertz CT molecular complexity index is 1050. The number of hydrogen-bond acceptors (Lipinski definition) is 4. The number of para-hydroxylation sites is 1. The lowest BCUT2D eigenvalue weighted by Gasteiger charge is -2.20. The van der Waals surface area contributed by atoms with Gasteiger partial charge in [-0.2, -0.15) is 0 Å². The molecular weight excluding hydrogens is 378 g/mol. The molecule has 154 valence electrons. The zero-order valence-electron chi connectivity index (χ0n) is 17.1. The van der Waals surface area contributed by atoms with E-state index in [4.69, 9.17) is 4.74 Å². The molecule has 0 unspecified atom stereocenters. The second-order valence-electron chi connectivity index (χ2n) is 8.14. The van der Waals surface area contributed by atoms with Gasteiger partial charge in [0.25, 0.3) is 5.91 Å². The Morgan fingerprint density at radius 1 is 1.23 bits per heavy atom. The maximum absolute atomic E-state index is 12.9. The fourth-order valence-corrected chi connectivity index (χ4v) is 4.61. The van der Waals surface area contributed by atoms with Crippen molar-refractivity contribution in [1.29, 1.82) is 0 Å². The molecule has 3 heterocycles. The molecule has 5 rings (SSSR count). The average Bonchev–Trinajstić information content (AvgIpc) is 3.37. The number of carbonyl (C=O) groups excluding carboxylic acids is 2. The van der Waals surface area contributed by atoms with E-state index in [0.29, 0.717) is 30.0 Å². The maximum atomic E-state index is 12.9. The Morgan fingerprint density at radius 3 is 3.00 bits per heavy atom. The first-order valence-corrected chi connectivity index (χ1v) is 10.6. The van der Waals surface area contributed by atoms with Crippen LogP contribution in [0.1, 0.15) is 40.7 Å². The Labute approximate surface area is 176 Å². The van der Waals surface area contributed by atoms with Crippen LogP contribution in [-0.4, -0.2) is 48.7 Å². The Kier molecular flexibility index (Phi) is 4.77. The molecule has 1 saturated heterocycles. The molecule has 3 aliphatic heterocycles. The molecule has 2 amide bonds. The molecule has 1 fully saturated rings. The SMILES string of the molecule is Cc1cc2c(cc1OCCC(=O)N1CCc3ccccc31)N=C[C@@H]1CCCN1C2=O. The van der Waals surface area contributed by atoms with Crippen molar-refractivity contribution in [2.75, 3.05) is 24.6 Å². The predicted molar refractivity (Wildman–Crippen MR) is 116 cm³/mol. The van der Waals surface area contributed by atoms with Crippen LogP contribution in [0, 0.1) is 6.92 Å². The second-order valence-corrected chi connectivity index (χ2v) is 8.14. The van der Waals surface area contributed by atoms with Gasteiger partial charge in [0, 0.05) is 31.1 Å². The minimum atomic E-state index is 0.0440. The van der Waals surface area contributed by atoms with E-state index < -0.39 is 0 Å². The van der Waals surface area contributed by atoms with E-state index in [-0.39, 0.29) is 17.9 Å². The van der Waals surface area contributed by atoms with Gasteiger partial charge < -0.3 is 14.5 Å². The van der Waals surface area contributed by atoms with Crippen LogP contribution in [0.5, 0.6) is 5.75 Å². The lowest BCUT2D eigenvalue weighted by atomic mass is 10.1. The van der Waals surface area contributed by atoms with Crippen LogP contribution in [-0.2, 0) is 11.2 Å². The van der Waals surface area contributed by atoms with Gasteiger partial charge in [0.2, 0.25) is 5.91 Å². The highest BCUT2D eigenvalue weighted by molar-refractivity contribution is 6.03. The molecule has 0 spiro atoms. The smallest absolute Gasteiger partial charge is 0.256 e. The molecule has 0 saturated carbocycles. The molecule has 2 aromatic carbocycles. The maximum Gasteiger partial charge on any atom is 0.256 e. The lowest BCUT2D eigenvalue weighted by molar-refractivity contribution is -0.119. The topological polar surface area (TPSA) is 62.2 Å². The molecule has 0 radical (unpaired) electrons. The first kappa shape index (κ1) is 18.9. The van der Waals surface area contributed by atoms with Crippen molar-refractivity contribution in [3.63, 3.8) is 0 Å². The number of hydrogen-bond donors (Lipinski definition) is 0. The highest BCUT2D eigenvalue weighted by atomic mass is 16.5. The second kappa shape index (κ2) is 7.59. The zero-order valence-corrected chi connectivity index (χ0v) is 17.1. The van der Waals surface area contributed by atoms with Crippen LogP contribution >= 0.6 is 0 Å². The van der Waals surface area contributed by atoms with E-state index in [9.17, 15) is 9.59 Å². The van der Waals surface area contributed by atoms with Crippen molar-refractivity contribution >= 4 is 29.4 Å². The molecule has 6 nitrogen and oxygen atoms in total. The number of benzene rings is 2. The Morgan fingerprint density at radius 2 is 2.10 bits per heavy atom. The molecule has 2 aromatic rings. The van der Waals surface area contributed by atoms with Crippen molar-refractivity contribution < 1.29 is 14.3 Å². The number of carbonyl (C=O) groups is 2. The van der Waals surface area contributed by atoms with Crippen LogP contribution in [0.4, 0.5) is 11.4 Å². The number of amides is 2. The van der Waals surface area contributed by atoms with E-state index in [1.54, 1.807) is 0 Å². The first-order valence-electron chi connectivity index (χ1n) is 10.6. The fraction of sp³-hybridized carbons (Fsp3) is 0.375. The standard InChI is InChI=1S/C24H25N3O3/c1-16-13-19-20(25-15-18-6-4-10-26(18)24(19)29)14-22(16)30-12-9-23(28)27-11-8-17-5-2-3-7-21(17)27/h2-3,5,7,13-15,18H,4,6,8-12H2,1H3/t18-/m0/s1. The van der Waals surface area contributed by atoms with Gasteiger partial charge >= 0.3 is 0 Å². The fourth-order valence-electron chi connectivity index (χ4n) is 4.61. The van der Waals surface area contributed by atoms with E-state index >= 15 is 0 Å². The lowest BCUT2D eigenvalue weighted by Crippen LogP contribution is -2.35. The van der Waals surface area contributed by atoms with Crippen LogP contribution in [0.2, 0.25) is 0 Å². The van der Waals surface area contributed by atoms with Gasteiger partial charge in [0.05, 0.1) is 30.3 Å². The zero-order chi connectivity index (χ0) is 20.7. The van der Waals surface area contributed by atoms with Gasteiger partial charge in [0.15, 0.2) is 0 Å². The van der Waals surface area contributed by atoms with Crippen LogP contribution < -0.4 is 9.64 Å². The summed E-state index contributed by atoms with van der Waals surface area (Å²) in [6.07, 6.45) is 5.07. The first-order chi connectivity index (χ1) is 14.6. The van der Waals surface area contributed by atoms with Gasteiger partial charge in [-0.05, 0) is 49.4 Å². The largest absolute Gasteiger partial charge is 0.493 e. The summed E-state index contributed by atoms with van der Waals surface area (Å²) in [5.41, 5.74) is 4.39. The van der Waals surface area contributed by atoms with Gasteiger partial charge in [-0.1, -0.05) is 18.2 Å². The molecule has 0 N–H and O–H groups in total. The molecule has 6 heteroatoms. The summed E-state index contributed by atoms with van der Waals surface area (Å²) < 4.78 is 5.94. The number of nitrogens with zero attached hydrogens (tertiary/aromatic N) is 3. The van der Waals surface area contributed by atoms with Gasteiger partial charge in [-0.25, -0.2) is 0 Å². The molecular formula is C24H25N3O3.